The van der Waals surface area contributed by atoms with Gasteiger partial charge >= 0.3 is 5.97 Å². The summed E-state index contributed by atoms with van der Waals surface area (Å²) in [7, 11) is 1.46. The van der Waals surface area contributed by atoms with Crippen molar-refractivity contribution in [1.82, 2.24) is 0 Å². The van der Waals surface area contributed by atoms with Crippen molar-refractivity contribution in [2.45, 2.75) is 26.7 Å². The first-order chi connectivity index (χ1) is 8.04. The molecule has 0 aromatic heterocycles. The van der Waals surface area contributed by atoms with Gasteiger partial charge in [0.25, 0.3) is 0 Å². The van der Waals surface area contributed by atoms with E-state index < -0.39 is 5.41 Å². The summed E-state index contributed by atoms with van der Waals surface area (Å²) in [5.41, 5.74) is -0.550. The van der Waals surface area contributed by atoms with Gasteiger partial charge in [0, 0.05) is 18.6 Å². The fourth-order valence-corrected chi connectivity index (χ4v) is 3.14. The zero-order valence-corrected chi connectivity index (χ0v) is 11.0. The van der Waals surface area contributed by atoms with E-state index in [1.165, 1.54) is 7.11 Å². The van der Waals surface area contributed by atoms with Crippen molar-refractivity contribution in [3.63, 3.8) is 0 Å². The van der Waals surface area contributed by atoms with Crippen molar-refractivity contribution in [2.24, 2.45) is 16.7 Å². The maximum atomic E-state index is 12.0. The van der Waals surface area contributed by atoms with Crippen LogP contribution in [0.2, 0.25) is 0 Å². The predicted octanol–water partition coefficient (Wildman–Crippen LogP) is 1.63. The Bertz CT molecular complexity index is 288. The molecule has 2 aliphatic heterocycles. The van der Waals surface area contributed by atoms with Gasteiger partial charge in [-0.3, -0.25) is 4.79 Å². The number of rotatable bonds is 3. The Morgan fingerprint density at radius 2 is 1.82 bits per heavy atom. The molecule has 4 nitrogen and oxygen atoms in total. The summed E-state index contributed by atoms with van der Waals surface area (Å²) in [6, 6.07) is 0. The first-order valence-corrected chi connectivity index (χ1v) is 6.28. The topological polar surface area (TPSA) is 44.8 Å². The van der Waals surface area contributed by atoms with Crippen LogP contribution in [0.5, 0.6) is 0 Å². The number of carbonyl (C=O) groups excluding carboxylic acids is 1. The molecule has 0 aromatic rings. The third kappa shape index (κ3) is 1.87. The molecule has 17 heavy (non-hydrogen) atoms. The molecular weight excluding hydrogens is 220 g/mol. The molecule has 0 aromatic carbocycles. The first-order valence-electron chi connectivity index (χ1n) is 6.28. The molecule has 0 aliphatic carbocycles. The Morgan fingerprint density at radius 1 is 1.24 bits per heavy atom. The summed E-state index contributed by atoms with van der Waals surface area (Å²) >= 11 is 0. The highest BCUT2D eigenvalue weighted by Gasteiger charge is 2.59. The lowest BCUT2D eigenvalue weighted by Crippen LogP contribution is -2.61. The molecule has 98 valence electrons. The van der Waals surface area contributed by atoms with Crippen LogP contribution in [0, 0.1) is 16.7 Å². The van der Waals surface area contributed by atoms with E-state index in [4.69, 9.17) is 14.2 Å². The van der Waals surface area contributed by atoms with Gasteiger partial charge in [0.15, 0.2) is 0 Å². The fourth-order valence-electron chi connectivity index (χ4n) is 3.14. The van der Waals surface area contributed by atoms with Crippen molar-refractivity contribution >= 4 is 5.97 Å². The number of esters is 1. The smallest absolute Gasteiger partial charge is 0.311 e. The Balaban J connectivity index is 2.20. The van der Waals surface area contributed by atoms with E-state index in [1.54, 1.807) is 0 Å². The maximum absolute atomic E-state index is 12.0. The average Bonchev–Trinajstić information content (AvgIpc) is 2.27. The first kappa shape index (κ1) is 12.8. The molecule has 4 heteroatoms. The number of hydrogen-bond donors (Lipinski definition) is 0. The minimum absolute atomic E-state index is 0.0656. The Labute approximate surface area is 103 Å². The van der Waals surface area contributed by atoms with E-state index in [0.29, 0.717) is 19.1 Å². The van der Waals surface area contributed by atoms with E-state index >= 15 is 0 Å². The molecular formula is C13H22O4. The third-order valence-corrected chi connectivity index (χ3v) is 4.66. The van der Waals surface area contributed by atoms with E-state index in [-0.39, 0.29) is 11.4 Å². The summed E-state index contributed by atoms with van der Waals surface area (Å²) in [5.74, 6) is 0.367. The lowest BCUT2D eigenvalue weighted by molar-refractivity contribution is -0.227. The van der Waals surface area contributed by atoms with Gasteiger partial charge in [0.2, 0.25) is 0 Å². The number of ether oxygens (including phenoxy) is 3. The minimum atomic E-state index is -0.484. The van der Waals surface area contributed by atoms with E-state index in [9.17, 15) is 4.79 Å². The normalized spacial score (nSPS) is 25.1. The van der Waals surface area contributed by atoms with Crippen molar-refractivity contribution in [3.8, 4) is 0 Å². The van der Waals surface area contributed by atoms with Crippen LogP contribution in [0.15, 0.2) is 0 Å². The van der Waals surface area contributed by atoms with E-state index in [0.717, 1.165) is 26.1 Å². The molecule has 0 bridgehead atoms. The molecule has 2 heterocycles. The highest BCUT2D eigenvalue weighted by molar-refractivity contribution is 5.77. The number of hydrogen-bond acceptors (Lipinski definition) is 4. The average molecular weight is 242 g/mol. The summed E-state index contributed by atoms with van der Waals surface area (Å²) < 4.78 is 15.8. The van der Waals surface area contributed by atoms with Gasteiger partial charge in [-0.25, -0.2) is 0 Å². The molecule has 0 amide bonds. The molecule has 2 fully saturated rings. The van der Waals surface area contributed by atoms with Crippen LogP contribution in [-0.2, 0) is 19.0 Å². The Morgan fingerprint density at radius 3 is 2.24 bits per heavy atom. The zero-order valence-electron chi connectivity index (χ0n) is 11.0. The zero-order chi connectivity index (χ0) is 12.5. The largest absolute Gasteiger partial charge is 0.469 e. The summed E-state index contributed by atoms with van der Waals surface area (Å²) in [5, 5.41) is 0. The van der Waals surface area contributed by atoms with Crippen LogP contribution in [0.3, 0.4) is 0 Å². The summed E-state index contributed by atoms with van der Waals surface area (Å²) in [6.07, 6.45) is 2.04. The van der Waals surface area contributed by atoms with Gasteiger partial charge in [-0.1, -0.05) is 0 Å². The molecule has 0 saturated carbocycles. The number of carbonyl (C=O) groups is 1. The van der Waals surface area contributed by atoms with Gasteiger partial charge in [-0.15, -0.1) is 0 Å². The molecule has 0 spiro atoms. The van der Waals surface area contributed by atoms with Gasteiger partial charge in [0.05, 0.1) is 25.7 Å². The van der Waals surface area contributed by atoms with Gasteiger partial charge < -0.3 is 14.2 Å². The van der Waals surface area contributed by atoms with E-state index in [1.807, 2.05) is 13.8 Å². The molecule has 2 rings (SSSR count). The predicted molar refractivity (Wildman–Crippen MR) is 62.6 cm³/mol. The molecule has 0 radical (unpaired) electrons. The molecule has 2 saturated heterocycles. The molecule has 0 N–H and O–H groups in total. The SMILES string of the molecule is COC(=O)C(C)(C)C1(C2CCOCC2)COC1. The maximum Gasteiger partial charge on any atom is 0.311 e. The van der Waals surface area contributed by atoms with E-state index in [2.05, 4.69) is 0 Å². The molecule has 0 unspecified atom stereocenters. The summed E-state index contributed by atoms with van der Waals surface area (Å²) in [4.78, 5) is 12.0. The summed E-state index contributed by atoms with van der Waals surface area (Å²) in [6.45, 7) is 6.89. The molecule has 0 atom stereocenters. The second kappa shape index (κ2) is 4.58. The second-order valence-corrected chi connectivity index (χ2v) is 5.65. The lowest BCUT2D eigenvalue weighted by atomic mass is 9.55. The van der Waals surface area contributed by atoms with Crippen molar-refractivity contribution in [1.29, 1.82) is 0 Å². The van der Waals surface area contributed by atoms with Gasteiger partial charge in [-0.2, -0.15) is 0 Å². The fraction of sp³-hybridized carbons (Fsp3) is 0.923. The van der Waals surface area contributed by atoms with Crippen molar-refractivity contribution in [3.05, 3.63) is 0 Å². The van der Waals surface area contributed by atoms with Crippen LogP contribution in [-0.4, -0.2) is 39.5 Å². The quantitative estimate of drug-likeness (QED) is 0.706. The van der Waals surface area contributed by atoms with Gasteiger partial charge in [0.1, 0.15) is 0 Å². The van der Waals surface area contributed by atoms with Crippen LogP contribution in [0.4, 0.5) is 0 Å². The standard InChI is InChI=1S/C13H22O4/c1-12(2,11(14)15-3)13(8-17-9-13)10-4-6-16-7-5-10/h10H,4-9H2,1-3H3. The van der Waals surface area contributed by atoms with Crippen molar-refractivity contribution < 1.29 is 19.0 Å². The minimum Gasteiger partial charge on any atom is -0.469 e. The highest BCUT2D eigenvalue weighted by Crippen LogP contribution is 2.53. The number of methoxy groups -OCH3 is 1. The third-order valence-electron chi connectivity index (χ3n) is 4.66. The Kier molecular flexibility index (Phi) is 3.46. The van der Waals surface area contributed by atoms with Crippen LogP contribution in [0.25, 0.3) is 0 Å². The van der Waals surface area contributed by atoms with Crippen LogP contribution < -0.4 is 0 Å². The van der Waals surface area contributed by atoms with Crippen LogP contribution >= 0.6 is 0 Å². The monoisotopic (exact) mass is 242 g/mol. The highest BCUT2D eigenvalue weighted by atomic mass is 16.5. The van der Waals surface area contributed by atoms with Gasteiger partial charge in [-0.05, 0) is 32.6 Å². The Hall–Kier alpha value is -0.610. The van der Waals surface area contributed by atoms with Crippen LogP contribution in [0.1, 0.15) is 26.7 Å². The second-order valence-electron chi connectivity index (χ2n) is 5.65. The van der Waals surface area contributed by atoms with Crippen molar-refractivity contribution in [2.75, 3.05) is 33.5 Å². The molecule has 2 aliphatic rings. The lowest BCUT2D eigenvalue weighted by Gasteiger charge is -2.55.